The molecule has 3 heteroatoms. The highest BCUT2D eigenvalue weighted by Crippen LogP contribution is 2.24. The van der Waals surface area contributed by atoms with E-state index in [0.717, 1.165) is 30.3 Å². The molecule has 1 aromatic rings. The van der Waals surface area contributed by atoms with Crippen molar-refractivity contribution in [3.8, 4) is 0 Å². The molecule has 0 saturated carbocycles. The third kappa shape index (κ3) is 2.95. The predicted molar refractivity (Wildman–Crippen MR) is 62.8 cm³/mol. The van der Waals surface area contributed by atoms with Gasteiger partial charge in [0.2, 0.25) is 0 Å². The second-order valence-electron chi connectivity index (χ2n) is 4.08. The summed E-state index contributed by atoms with van der Waals surface area (Å²) in [5, 5.41) is 3.36. The molecular formula is C12H16FNS. The van der Waals surface area contributed by atoms with Crippen molar-refractivity contribution in [1.82, 2.24) is 5.32 Å². The lowest BCUT2D eigenvalue weighted by molar-refractivity contribution is 0.617. The Kier molecular flexibility index (Phi) is 3.65. The summed E-state index contributed by atoms with van der Waals surface area (Å²) >= 11 is 1.83. The smallest absolute Gasteiger partial charge is 0.126 e. The molecule has 0 aromatic heterocycles. The number of hydrogen-bond acceptors (Lipinski definition) is 2. The van der Waals surface area contributed by atoms with Crippen LogP contribution in [0.15, 0.2) is 23.1 Å². The van der Waals surface area contributed by atoms with Crippen molar-refractivity contribution in [2.75, 3.05) is 18.8 Å². The van der Waals surface area contributed by atoms with Gasteiger partial charge in [-0.15, -0.1) is 11.8 Å². The summed E-state index contributed by atoms with van der Waals surface area (Å²) in [6.07, 6.45) is 1.27. The van der Waals surface area contributed by atoms with Gasteiger partial charge >= 0.3 is 0 Å². The van der Waals surface area contributed by atoms with E-state index in [2.05, 4.69) is 5.32 Å². The summed E-state index contributed by atoms with van der Waals surface area (Å²) in [6.45, 7) is 4.09. The molecule has 1 heterocycles. The topological polar surface area (TPSA) is 12.0 Å². The Bertz CT molecular complexity index is 334. The van der Waals surface area contributed by atoms with E-state index >= 15 is 0 Å². The van der Waals surface area contributed by atoms with Crippen molar-refractivity contribution >= 4 is 11.8 Å². The van der Waals surface area contributed by atoms with E-state index in [0.29, 0.717) is 0 Å². The Labute approximate surface area is 94.5 Å². The SMILES string of the molecule is Cc1cc(SCC2CCNC2)ccc1F. The molecule has 0 aliphatic carbocycles. The van der Waals surface area contributed by atoms with E-state index < -0.39 is 0 Å². The maximum Gasteiger partial charge on any atom is 0.126 e. The molecule has 1 atom stereocenters. The molecule has 1 saturated heterocycles. The minimum atomic E-state index is -0.109. The highest BCUT2D eigenvalue weighted by atomic mass is 32.2. The molecule has 15 heavy (non-hydrogen) atoms. The molecular weight excluding hydrogens is 209 g/mol. The number of hydrogen-bond donors (Lipinski definition) is 1. The second kappa shape index (κ2) is 4.99. The van der Waals surface area contributed by atoms with E-state index in [1.165, 1.54) is 11.3 Å². The van der Waals surface area contributed by atoms with Gasteiger partial charge < -0.3 is 5.32 Å². The van der Waals surface area contributed by atoms with Crippen molar-refractivity contribution in [1.29, 1.82) is 0 Å². The van der Waals surface area contributed by atoms with Gasteiger partial charge in [0.15, 0.2) is 0 Å². The Morgan fingerprint density at radius 1 is 1.53 bits per heavy atom. The molecule has 2 rings (SSSR count). The Morgan fingerprint density at radius 3 is 3.07 bits per heavy atom. The highest BCUT2D eigenvalue weighted by Gasteiger charge is 2.14. The number of nitrogens with one attached hydrogen (secondary N) is 1. The van der Waals surface area contributed by atoms with E-state index in [4.69, 9.17) is 0 Å². The highest BCUT2D eigenvalue weighted by molar-refractivity contribution is 7.99. The van der Waals surface area contributed by atoms with Crippen LogP contribution >= 0.6 is 11.8 Å². The van der Waals surface area contributed by atoms with Gasteiger partial charge in [-0.3, -0.25) is 0 Å². The van der Waals surface area contributed by atoms with Gasteiger partial charge in [0.25, 0.3) is 0 Å². The number of rotatable bonds is 3. The Balaban J connectivity index is 1.90. The maximum atomic E-state index is 13.0. The summed E-state index contributed by atoms with van der Waals surface area (Å²) in [5.41, 5.74) is 0.740. The largest absolute Gasteiger partial charge is 0.316 e. The van der Waals surface area contributed by atoms with Crippen LogP contribution in [0.2, 0.25) is 0 Å². The van der Waals surface area contributed by atoms with E-state index in [1.54, 1.807) is 6.07 Å². The Hall–Kier alpha value is -0.540. The fourth-order valence-corrected chi connectivity index (χ4v) is 2.91. The van der Waals surface area contributed by atoms with Crippen molar-refractivity contribution < 1.29 is 4.39 Å². The molecule has 1 nitrogen and oxygen atoms in total. The first-order chi connectivity index (χ1) is 7.25. The summed E-state index contributed by atoms with van der Waals surface area (Å²) in [4.78, 5) is 1.18. The normalized spacial score (nSPS) is 20.8. The zero-order valence-electron chi connectivity index (χ0n) is 8.92. The molecule has 0 amide bonds. The molecule has 1 aliphatic rings. The molecule has 1 fully saturated rings. The van der Waals surface area contributed by atoms with Gasteiger partial charge in [0.05, 0.1) is 0 Å². The first-order valence-corrected chi connectivity index (χ1v) is 6.34. The lowest BCUT2D eigenvalue weighted by atomic mass is 10.2. The van der Waals surface area contributed by atoms with E-state index in [-0.39, 0.29) is 5.82 Å². The van der Waals surface area contributed by atoms with Crippen LogP contribution in [0.1, 0.15) is 12.0 Å². The van der Waals surface area contributed by atoms with Crippen molar-refractivity contribution in [3.63, 3.8) is 0 Å². The molecule has 1 N–H and O–H groups in total. The predicted octanol–water partition coefficient (Wildman–Crippen LogP) is 2.84. The third-order valence-electron chi connectivity index (χ3n) is 2.78. The standard InChI is InChI=1S/C12H16FNS/c1-9-6-11(2-3-12(9)13)15-8-10-4-5-14-7-10/h2-3,6,10,14H,4-5,7-8H2,1H3. The maximum absolute atomic E-state index is 13.0. The average Bonchev–Trinajstić information content (AvgIpc) is 2.73. The summed E-state index contributed by atoms with van der Waals surface area (Å²) in [5.74, 6) is 1.81. The van der Waals surface area contributed by atoms with Gasteiger partial charge in [-0.25, -0.2) is 4.39 Å². The summed E-state index contributed by atoms with van der Waals surface area (Å²) in [7, 11) is 0. The molecule has 1 aliphatic heterocycles. The zero-order valence-corrected chi connectivity index (χ0v) is 9.74. The van der Waals surface area contributed by atoms with Crippen LogP contribution in [-0.2, 0) is 0 Å². The number of benzene rings is 1. The van der Waals surface area contributed by atoms with Crippen molar-refractivity contribution in [2.24, 2.45) is 5.92 Å². The van der Waals surface area contributed by atoms with Crippen LogP contribution in [0, 0.1) is 18.7 Å². The number of halogens is 1. The fraction of sp³-hybridized carbons (Fsp3) is 0.500. The minimum Gasteiger partial charge on any atom is -0.316 e. The third-order valence-corrected chi connectivity index (χ3v) is 4.00. The van der Waals surface area contributed by atoms with Crippen LogP contribution in [0.25, 0.3) is 0 Å². The minimum absolute atomic E-state index is 0.109. The molecule has 1 unspecified atom stereocenters. The molecule has 1 aromatic carbocycles. The average molecular weight is 225 g/mol. The lowest BCUT2D eigenvalue weighted by Gasteiger charge is -2.08. The van der Waals surface area contributed by atoms with Crippen LogP contribution in [0.5, 0.6) is 0 Å². The van der Waals surface area contributed by atoms with Crippen molar-refractivity contribution in [3.05, 3.63) is 29.6 Å². The van der Waals surface area contributed by atoms with E-state index in [1.807, 2.05) is 30.8 Å². The number of thioether (sulfide) groups is 1. The van der Waals surface area contributed by atoms with Gasteiger partial charge in [0.1, 0.15) is 5.82 Å². The van der Waals surface area contributed by atoms with Gasteiger partial charge in [-0.2, -0.15) is 0 Å². The van der Waals surface area contributed by atoms with Crippen LogP contribution in [-0.4, -0.2) is 18.8 Å². The monoisotopic (exact) mass is 225 g/mol. The molecule has 0 bridgehead atoms. The van der Waals surface area contributed by atoms with Gasteiger partial charge in [-0.05, 0) is 56.1 Å². The molecule has 82 valence electrons. The quantitative estimate of drug-likeness (QED) is 0.794. The molecule has 0 radical (unpaired) electrons. The summed E-state index contributed by atoms with van der Waals surface area (Å²) in [6, 6.07) is 5.36. The van der Waals surface area contributed by atoms with Crippen LogP contribution in [0.4, 0.5) is 4.39 Å². The van der Waals surface area contributed by atoms with Crippen molar-refractivity contribution in [2.45, 2.75) is 18.2 Å². The van der Waals surface area contributed by atoms with E-state index in [9.17, 15) is 4.39 Å². The Morgan fingerprint density at radius 2 is 2.40 bits per heavy atom. The first kappa shape index (κ1) is 11.0. The zero-order chi connectivity index (χ0) is 10.7. The first-order valence-electron chi connectivity index (χ1n) is 5.35. The van der Waals surface area contributed by atoms with Crippen LogP contribution in [0.3, 0.4) is 0 Å². The summed E-state index contributed by atoms with van der Waals surface area (Å²) < 4.78 is 13.0. The van der Waals surface area contributed by atoms with Gasteiger partial charge in [-0.1, -0.05) is 0 Å². The lowest BCUT2D eigenvalue weighted by Crippen LogP contribution is -2.10. The fourth-order valence-electron chi connectivity index (χ4n) is 1.78. The van der Waals surface area contributed by atoms with Gasteiger partial charge in [0, 0.05) is 10.6 Å². The van der Waals surface area contributed by atoms with Crippen LogP contribution < -0.4 is 5.32 Å². The second-order valence-corrected chi connectivity index (χ2v) is 5.17. The molecule has 0 spiro atoms. The number of aryl methyl sites for hydroxylation is 1.